The minimum Gasteiger partial charge on any atom is -0.481 e. The average Bonchev–Trinajstić information content (AvgIpc) is 2.50. The van der Waals surface area contributed by atoms with E-state index in [1.165, 1.54) is 0 Å². The fraction of sp³-hybridized carbons (Fsp3) is 0.765. The number of carboxylic acids is 2. The van der Waals surface area contributed by atoms with Gasteiger partial charge in [-0.25, -0.2) is 0 Å². The number of Topliss-reactive ketones (excluding diaryl/α,β-unsaturated/α-hetero) is 1. The molecular formula is C17H24O7. The molecule has 7 heteroatoms. The Kier molecular flexibility index (Phi) is 5.30. The van der Waals surface area contributed by atoms with Crippen LogP contribution >= 0.6 is 0 Å². The lowest BCUT2D eigenvalue weighted by molar-refractivity contribution is -0.184. The molecule has 2 fully saturated rings. The molecule has 0 aromatic heterocycles. The number of rotatable bonds is 5. The van der Waals surface area contributed by atoms with Gasteiger partial charge in [0.25, 0.3) is 0 Å². The van der Waals surface area contributed by atoms with Gasteiger partial charge in [-0.1, -0.05) is 13.3 Å². The summed E-state index contributed by atoms with van der Waals surface area (Å²) >= 11 is 0. The number of hydrogen-bond acceptors (Lipinski definition) is 5. The molecule has 1 unspecified atom stereocenters. The van der Waals surface area contributed by atoms with Crippen LogP contribution in [0.3, 0.4) is 0 Å². The Labute approximate surface area is 140 Å². The molecule has 0 aliphatic heterocycles. The number of carboxylic acid groups (broad SMARTS) is 2. The third kappa shape index (κ3) is 2.91. The van der Waals surface area contributed by atoms with E-state index in [4.69, 9.17) is 4.74 Å². The third-order valence-corrected chi connectivity index (χ3v) is 5.73. The van der Waals surface area contributed by atoms with Gasteiger partial charge in [0, 0.05) is 12.3 Å². The van der Waals surface area contributed by atoms with Gasteiger partial charge in [0.05, 0.1) is 24.4 Å². The molecule has 2 aliphatic carbocycles. The monoisotopic (exact) mass is 340 g/mol. The second-order valence-corrected chi connectivity index (χ2v) is 6.91. The van der Waals surface area contributed by atoms with Crippen molar-refractivity contribution in [3.8, 4) is 0 Å². The Hall–Kier alpha value is -1.92. The van der Waals surface area contributed by atoms with Crippen LogP contribution in [0, 0.1) is 29.1 Å². The number of ether oxygens (including phenoxy) is 1. The number of aliphatic carboxylic acids is 2. The first-order valence-corrected chi connectivity index (χ1v) is 8.40. The van der Waals surface area contributed by atoms with E-state index in [1.807, 2.05) is 0 Å². The Bertz CT molecular complexity index is 555. The van der Waals surface area contributed by atoms with Crippen molar-refractivity contribution in [1.29, 1.82) is 0 Å². The molecule has 2 saturated carbocycles. The SMILES string of the molecule is CCOC(=O)[C@@]1(CC(=O)O)C2CCC[C@@H](C(=O)O)[C@@H]2C(=O)C[C@H]1C. The Balaban J connectivity index is 2.54. The molecule has 0 saturated heterocycles. The highest BCUT2D eigenvalue weighted by Crippen LogP contribution is 2.56. The van der Waals surface area contributed by atoms with Gasteiger partial charge in [0.15, 0.2) is 0 Å². The van der Waals surface area contributed by atoms with E-state index >= 15 is 0 Å². The minimum atomic E-state index is -1.34. The van der Waals surface area contributed by atoms with Crippen molar-refractivity contribution in [2.45, 2.75) is 46.0 Å². The quantitative estimate of drug-likeness (QED) is 0.732. The molecule has 134 valence electrons. The second kappa shape index (κ2) is 6.91. The number of ketones is 1. The van der Waals surface area contributed by atoms with Gasteiger partial charge in [-0.3, -0.25) is 19.2 Å². The number of carbonyl (C=O) groups is 4. The first-order valence-electron chi connectivity index (χ1n) is 8.40. The van der Waals surface area contributed by atoms with Gasteiger partial charge >= 0.3 is 17.9 Å². The molecule has 7 nitrogen and oxygen atoms in total. The average molecular weight is 340 g/mol. The van der Waals surface area contributed by atoms with Crippen LogP contribution < -0.4 is 0 Å². The van der Waals surface area contributed by atoms with Gasteiger partial charge in [-0.2, -0.15) is 0 Å². The molecule has 0 heterocycles. The van der Waals surface area contributed by atoms with Gasteiger partial charge in [-0.15, -0.1) is 0 Å². The number of esters is 1. The Morgan fingerprint density at radius 3 is 2.46 bits per heavy atom. The van der Waals surface area contributed by atoms with E-state index in [1.54, 1.807) is 13.8 Å². The molecule has 5 atom stereocenters. The van der Waals surface area contributed by atoms with Crippen LogP contribution in [0.4, 0.5) is 0 Å². The first-order chi connectivity index (χ1) is 11.3. The molecule has 2 N–H and O–H groups in total. The van der Waals surface area contributed by atoms with Gasteiger partial charge in [0.2, 0.25) is 0 Å². The summed E-state index contributed by atoms with van der Waals surface area (Å²) in [5.74, 6) is -5.74. The maximum Gasteiger partial charge on any atom is 0.313 e. The van der Waals surface area contributed by atoms with Crippen molar-refractivity contribution in [3.05, 3.63) is 0 Å². The van der Waals surface area contributed by atoms with E-state index in [0.717, 1.165) is 0 Å². The Morgan fingerprint density at radius 2 is 1.92 bits per heavy atom. The standard InChI is InChI=1S/C17H24O7/c1-3-24-16(23)17(8-13(19)20)9(2)7-12(18)14-10(15(21)22)5-4-6-11(14)17/h9-11,14H,3-8H2,1-2H3,(H,19,20)(H,21,22)/t9-,10-,11?,14+,17-/m1/s1. The van der Waals surface area contributed by atoms with Crippen molar-refractivity contribution in [2.24, 2.45) is 29.1 Å². The van der Waals surface area contributed by atoms with Crippen LogP contribution in [-0.2, 0) is 23.9 Å². The summed E-state index contributed by atoms with van der Waals surface area (Å²) in [5, 5.41) is 18.9. The van der Waals surface area contributed by atoms with Crippen LogP contribution in [0.2, 0.25) is 0 Å². The summed E-state index contributed by atoms with van der Waals surface area (Å²) in [6, 6.07) is 0. The smallest absolute Gasteiger partial charge is 0.313 e. The van der Waals surface area contributed by atoms with Crippen molar-refractivity contribution in [3.63, 3.8) is 0 Å². The molecule has 0 spiro atoms. The zero-order valence-electron chi connectivity index (χ0n) is 14.0. The van der Waals surface area contributed by atoms with Gasteiger partial charge in [0.1, 0.15) is 5.78 Å². The predicted octanol–water partition coefficient (Wildman–Crippen LogP) is 1.74. The van der Waals surface area contributed by atoms with Crippen molar-refractivity contribution >= 4 is 23.7 Å². The fourth-order valence-corrected chi connectivity index (χ4v) is 4.73. The largest absolute Gasteiger partial charge is 0.481 e. The maximum absolute atomic E-state index is 12.8. The lowest BCUT2D eigenvalue weighted by Gasteiger charge is -2.52. The normalized spacial score (nSPS) is 35.8. The summed E-state index contributed by atoms with van der Waals surface area (Å²) in [6.07, 6.45) is 0.975. The molecule has 0 aromatic rings. The zero-order chi connectivity index (χ0) is 18.1. The molecule has 24 heavy (non-hydrogen) atoms. The van der Waals surface area contributed by atoms with Crippen molar-refractivity contribution < 1.29 is 34.1 Å². The molecule has 0 radical (unpaired) electrons. The number of fused-ring (bicyclic) bond motifs is 1. The molecule has 2 aliphatic rings. The predicted molar refractivity (Wildman–Crippen MR) is 82.1 cm³/mol. The second-order valence-electron chi connectivity index (χ2n) is 6.91. The first kappa shape index (κ1) is 18.4. The maximum atomic E-state index is 12.8. The van der Waals surface area contributed by atoms with Gasteiger partial charge in [-0.05, 0) is 31.6 Å². The van der Waals surface area contributed by atoms with E-state index in [0.29, 0.717) is 19.3 Å². The van der Waals surface area contributed by atoms with Crippen molar-refractivity contribution in [2.75, 3.05) is 6.61 Å². The summed E-state index contributed by atoms with van der Waals surface area (Å²) in [4.78, 5) is 48.4. The molecule has 0 bridgehead atoms. The molecule has 2 rings (SSSR count). The summed E-state index contributed by atoms with van der Waals surface area (Å²) in [5.41, 5.74) is -1.34. The van der Waals surface area contributed by atoms with Crippen molar-refractivity contribution in [1.82, 2.24) is 0 Å². The van der Waals surface area contributed by atoms with Crippen LogP contribution in [0.25, 0.3) is 0 Å². The summed E-state index contributed by atoms with van der Waals surface area (Å²) in [7, 11) is 0. The lowest BCUT2D eigenvalue weighted by atomic mass is 9.49. The Morgan fingerprint density at radius 1 is 1.25 bits per heavy atom. The van der Waals surface area contributed by atoms with Crippen LogP contribution in [-0.4, -0.2) is 40.5 Å². The summed E-state index contributed by atoms with van der Waals surface area (Å²) in [6.45, 7) is 3.45. The summed E-state index contributed by atoms with van der Waals surface area (Å²) < 4.78 is 5.17. The third-order valence-electron chi connectivity index (χ3n) is 5.73. The number of carbonyl (C=O) groups excluding carboxylic acids is 2. The van der Waals surface area contributed by atoms with E-state index in [9.17, 15) is 29.4 Å². The van der Waals surface area contributed by atoms with Crippen LogP contribution in [0.15, 0.2) is 0 Å². The minimum absolute atomic E-state index is 0.0110. The van der Waals surface area contributed by atoms with Crippen LogP contribution in [0.5, 0.6) is 0 Å². The van der Waals surface area contributed by atoms with E-state index in [2.05, 4.69) is 0 Å². The highest BCUT2D eigenvalue weighted by molar-refractivity contribution is 5.92. The zero-order valence-corrected chi connectivity index (χ0v) is 14.0. The topological polar surface area (TPSA) is 118 Å². The highest BCUT2D eigenvalue weighted by atomic mass is 16.5. The molecule has 0 aromatic carbocycles. The fourth-order valence-electron chi connectivity index (χ4n) is 4.73. The van der Waals surface area contributed by atoms with Crippen LogP contribution in [0.1, 0.15) is 46.0 Å². The molecular weight excluding hydrogens is 316 g/mol. The molecule has 0 amide bonds. The van der Waals surface area contributed by atoms with E-state index < -0.39 is 53.4 Å². The van der Waals surface area contributed by atoms with Gasteiger partial charge < -0.3 is 14.9 Å². The van der Waals surface area contributed by atoms with E-state index in [-0.39, 0.29) is 18.8 Å². The lowest BCUT2D eigenvalue weighted by Crippen LogP contribution is -2.58. The highest BCUT2D eigenvalue weighted by Gasteiger charge is 2.62. The number of hydrogen-bond donors (Lipinski definition) is 2.